The van der Waals surface area contributed by atoms with Crippen molar-refractivity contribution in [3.8, 4) is 11.1 Å². The molecule has 1 N–H and O–H groups in total. The van der Waals surface area contributed by atoms with Gasteiger partial charge in [-0.1, -0.05) is 44.2 Å². The molecule has 0 spiro atoms. The third-order valence-corrected chi connectivity index (χ3v) is 3.72. The third kappa shape index (κ3) is 3.69. The zero-order valence-corrected chi connectivity index (χ0v) is 12.7. The number of pyridine rings is 1. The van der Waals surface area contributed by atoms with Crippen LogP contribution in [-0.4, -0.2) is 11.1 Å². The lowest BCUT2D eigenvalue weighted by Crippen LogP contribution is -2.43. The number of carboxylic acid groups (broad SMARTS) is 1. The van der Waals surface area contributed by atoms with Gasteiger partial charge in [-0.3, -0.25) is 4.79 Å². The van der Waals surface area contributed by atoms with Crippen molar-refractivity contribution in [2.24, 2.45) is 0 Å². The van der Waals surface area contributed by atoms with Gasteiger partial charge in [-0.15, -0.1) is 0 Å². The highest BCUT2D eigenvalue weighted by Gasteiger charge is 2.18. The molecule has 0 aliphatic rings. The van der Waals surface area contributed by atoms with Crippen molar-refractivity contribution < 1.29 is 14.5 Å². The Kier molecular flexibility index (Phi) is 5.09. The van der Waals surface area contributed by atoms with Crippen LogP contribution >= 0.6 is 0 Å². The molecule has 0 fully saturated rings. The Morgan fingerprint density at radius 3 is 2.05 bits per heavy atom. The maximum Gasteiger partial charge on any atom is 0.309 e. The van der Waals surface area contributed by atoms with Crippen LogP contribution in [0.1, 0.15) is 31.7 Å². The fourth-order valence-corrected chi connectivity index (χ4v) is 2.62. The molecule has 0 amide bonds. The van der Waals surface area contributed by atoms with E-state index in [2.05, 4.69) is 42.7 Å². The van der Waals surface area contributed by atoms with Crippen molar-refractivity contribution in [3.63, 3.8) is 0 Å². The Hall–Kier alpha value is -2.16. The molecule has 0 atom stereocenters. The van der Waals surface area contributed by atoms with Crippen LogP contribution in [0.2, 0.25) is 0 Å². The summed E-state index contributed by atoms with van der Waals surface area (Å²) in [5.41, 5.74) is 4.78. The summed E-state index contributed by atoms with van der Waals surface area (Å²) in [5.74, 6) is -0.751. The second kappa shape index (κ2) is 7.02. The lowest BCUT2D eigenvalue weighted by atomic mass is 10.0. The van der Waals surface area contributed by atoms with Gasteiger partial charge in [-0.25, -0.2) is 0 Å². The molecule has 1 aromatic carbocycles. The largest absolute Gasteiger partial charge is 0.481 e. The molecule has 0 bridgehead atoms. The van der Waals surface area contributed by atoms with E-state index in [-0.39, 0.29) is 6.42 Å². The van der Waals surface area contributed by atoms with Crippen molar-refractivity contribution in [1.29, 1.82) is 0 Å². The quantitative estimate of drug-likeness (QED) is 0.827. The molecule has 3 heteroatoms. The average Bonchev–Trinajstić information content (AvgIpc) is 2.52. The normalized spacial score (nSPS) is 10.6. The Morgan fingerprint density at radius 2 is 1.57 bits per heavy atom. The van der Waals surface area contributed by atoms with Crippen molar-refractivity contribution in [2.45, 2.75) is 39.7 Å². The molecule has 1 aromatic heterocycles. The molecule has 0 aliphatic heterocycles. The van der Waals surface area contributed by atoms with E-state index in [4.69, 9.17) is 5.11 Å². The van der Waals surface area contributed by atoms with Gasteiger partial charge in [0.2, 0.25) is 0 Å². The number of carboxylic acids is 1. The maximum atomic E-state index is 10.8. The van der Waals surface area contributed by atoms with Crippen LogP contribution in [0, 0.1) is 0 Å². The first-order valence-electron chi connectivity index (χ1n) is 7.48. The first kappa shape index (κ1) is 15.2. The summed E-state index contributed by atoms with van der Waals surface area (Å²) < 4.78 is 2.15. The van der Waals surface area contributed by atoms with Crippen LogP contribution in [0.25, 0.3) is 11.1 Å². The van der Waals surface area contributed by atoms with E-state index in [0.29, 0.717) is 6.54 Å². The molecule has 2 aromatic rings. The predicted molar refractivity (Wildman–Crippen MR) is 83.1 cm³/mol. The molecule has 21 heavy (non-hydrogen) atoms. The highest BCUT2D eigenvalue weighted by molar-refractivity contribution is 5.66. The highest BCUT2D eigenvalue weighted by Crippen LogP contribution is 2.20. The monoisotopic (exact) mass is 284 g/mol. The fraction of sp³-hybridized carbons (Fsp3) is 0.333. The fourth-order valence-electron chi connectivity index (χ4n) is 2.62. The lowest BCUT2D eigenvalue weighted by molar-refractivity contribution is -0.709. The number of carbonyl (C=O) groups is 1. The van der Waals surface area contributed by atoms with Crippen molar-refractivity contribution in [1.82, 2.24) is 0 Å². The number of rotatable bonds is 6. The van der Waals surface area contributed by atoms with Crippen LogP contribution in [-0.2, 0) is 24.2 Å². The topological polar surface area (TPSA) is 41.2 Å². The minimum atomic E-state index is -0.751. The van der Waals surface area contributed by atoms with E-state index >= 15 is 0 Å². The van der Waals surface area contributed by atoms with Gasteiger partial charge in [0.15, 0.2) is 17.9 Å². The van der Waals surface area contributed by atoms with Crippen LogP contribution < -0.4 is 4.57 Å². The van der Waals surface area contributed by atoms with E-state index in [9.17, 15) is 4.79 Å². The van der Waals surface area contributed by atoms with E-state index in [1.165, 1.54) is 22.5 Å². The minimum Gasteiger partial charge on any atom is -0.481 e. The first-order chi connectivity index (χ1) is 10.2. The Labute approximate surface area is 125 Å². The van der Waals surface area contributed by atoms with Gasteiger partial charge < -0.3 is 5.11 Å². The van der Waals surface area contributed by atoms with E-state index < -0.39 is 5.97 Å². The minimum absolute atomic E-state index is 0.162. The van der Waals surface area contributed by atoms with Gasteiger partial charge in [0.25, 0.3) is 0 Å². The van der Waals surface area contributed by atoms with Gasteiger partial charge >= 0.3 is 5.97 Å². The summed E-state index contributed by atoms with van der Waals surface area (Å²) in [4.78, 5) is 10.8. The summed E-state index contributed by atoms with van der Waals surface area (Å²) in [6.07, 6.45) is 1.95. The molecule has 2 rings (SSSR count). The number of aromatic nitrogens is 1. The Morgan fingerprint density at radius 1 is 1.00 bits per heavy atom. The van der Waals surface area contributed by atoms with Crippen molar-refractivity contribution >= 4 is 5.97 Å². The zero-order chi connectivity index (χ0) is 15.2. The van der Waals surface area contributed by atoms with Crippen molar-refractivity contribution in [2.75, 3.05) is 0 Å². The summed E-state index contributed by atoms with van der Waals surface area (Å²) in [6.45, 7) is 4.76. The summed E-state index contributed by atoms with van der Waals surface area (Å²) in [6, 6.07) is 14.7. The summed E-state index contributed by atoms with van der Waals surface area (Å²) in [5, 5.41) is 8.92. The number of nitrogens with zero attached hydrogens (tertiary/aromatic N) is 1. The molecule has 3 nitrogen and oxygen atoms in total. The number of hydrogen-bond acceptors (Lipinski definition) is 1. The Balaban J connectivity index is 2.45. The van der Waals surface area contributed by atoms with E-state index in [0.717, 1.165) is 12.8 Å². The number of benzene rings is 1. The molecule has 0 radical (unpaired) electrons. The second-order valence-corrected chi connectivity index (χ2v) is 5.10. The SMILES string of the molecule is CCc1cc(-c2ccccc2)cc(CC)[n+]1CCC(=O)O. The molecular formula is C18H22NO2+. The molecular weight excluding hydrogens is 262 g/mol. The van der Waals surface area contributed by atoms with E-state index in [1.807, 2.05) is 18.2 Å². The summed E-state index contributed by atoms with van der Waals surface area (Å²) >= 11 is 0. The molecule has 0 unspecified atom stereocenters. The lowest BCUT2D eigenvalue weighted by Gasteiger charge is -2.10. The highest BCUT2D eigenvalue weighted by atomic mass is 16.4. The van der Waals surface area contributed by atoms with Gasteiger partial charge in [-0.2, -0.15) is 4.57 Å². The smallest absolute Gasteiger partial charge is 0.309 e. The van der Waals surface area contributed by atoms with Gasteiger partial charge in [-0.05, 0) is 11.1 Å². The van der Waals surface area contributed by atoms with E-state index in [1.54, 1.807) is 0 Å². The molecule has 1 heterocycles. The van der Waals surface area contributed by atoms with Crippen LogP contribution in [0.15, 0.2) is 42.5 Å². The average molecular weight is 284 g/mol. The number of aliphatic carboxylic acids is 1. The molecule has 0 aliphatic carbocycles. The molecule has 110 valence electrons. The van der Waals surface area contributed by atoms with Gasteiger partial charge in [0, 0.05) is 25.0 Å². The number of hydrogen-bond donors (Lipinski definition) is 1. The predicted octanol–water partition coefficient (Wildman–Crippen LogP) is 3.24. The van der Waals surface area contributed by atoms with Gasteiger partial charge in [0.1, 0.15) is 6.42 Å². The van der Waals surface area contributed by atoms with Crippen molar-refractivity contribution in [3.05, 3.63) is 53.9 Å². The zero-order valence-electron chi connectivity index (χ0n) is 12.7. The Bertz CT molecular complexity index is 595. The second-order valence-electron chi connectivity index (χ2n) is 5.10. The maximum absolute atomic E-state index is 10.8. The number of aryl methyl sites for hydroxylation is 2. The molecule has 0 saturated heterocycles. The van der Waals surface area contributed by atoms with Crippen LogP contribution in [0.3, 0.4) is 0 Å². The first-order valence-corrected chi connectivity index (χ1v) is 7.48. The van der Waals surface area contributed by atoms with Gasteiger partial charge in [0.05, 0.1) is 0 Å². The third-order valence-electron chi connectivity index (χ3n) is 3.72. The van der Waals surface area contributed by atoms with Crippen LogP contribution in [0.4, 0.5) is 0 Å². The van der Waals surface area contributed by atoms with Crippen LogP contribution in [0.5, 0.6) is 0 Å². The standard InChI is InChI=1S/C18H21NO2/c1-3-16-12-15(14-8-6-5-7-9-14)13-17(4-2)19(16)11-10-18(20)21/h5-9,12-13H,3-4,10-11H2,1-2H3/p+1. The molecule has 0 saturated carbocycles. The summed E-state index contributed by atoms with van der Waals surface area (Å²) in [7, 11) is 0.